The minimum atomic E-state index is 0.550. The predicted molar refractivity (Wildman–Crippen MR) is 71.3 cm³/mol. The second kappa shape index (κ2) is 5.41. The van der Waals surface area contributed by atoms with E-state index in [1.54, 1.807) is 0 Å². The fourth-order valence-corrected chi connectivity index (χ4v) is 3.28. The molecule has 2 heteroatoms. The Hall–Kier alpha value is -0.860. The molecule has 0 amide bonds. The van der Waals surface area contributed by atoms with Crippen LogP contribution in [0.1, 0.15) is 17.9 Å². The molecule has 0 bridgehead atoms. The molecule has 1 aromatic carbocycles. The van der Waals surface area contributed by atoms with Gasteiger partial charge in [0.05, 0.1) is 26.4 Å². The third kappa shape index (κ3) is 2.19. The van der Waals surface area contributed by atoms with E-state index in [1.165, 1.54) is 5.56 Å². The van der Waals surface area contributed by atoms with Crippen LogP contribution in [-0.4, -0.2) is 26.4 Å². The Morgan fingerprint density at radius 2 is 1.56 bits per heavy atom. The van der Waals surface area contributed by atoms with Crippen molar-refractivity contribution in [2.45, 2.75) is 12.3 Å². The molecule has 1 aromatic rings. The molecular formula is C16H21O2. The highest BCUT2D eigenvalue weighted by Crippen LogP contribution is 2.43. The second-order valence-electron chi connectivity index (χ2n) is 5.48. The van der Waals surface area contributed by atoms with Crippen LogP contribution in [0.5, 0.6) is 0 Å². The minimum absolute atomic E-state index is 0.550. The Labute approximate surface area is 109 Å². The molecule has 1 radical (unpaired) electrons. The SMILES string of the molecule is [CH2]CC(c1ccccc1)C(C1COC1)C1COC1. The molecule has 0 spiro atoms. The molecule has 97 valence electrons. The molecule has 2 fully saturated rings. The highest BCUT2D eigenvalue weighted by molar-refractivity contribution is 5.21. The first-order valence-corrected chi connectivity index (χ1v) is 6.90. The fraction of sp³-hybridized carbons (Fsp3) is 0.562. The van der Waals surface area contributed by atoms with Crippen molar-refractivity contribution in [2.75, 3.05) is 26.4 Å². The van der Waals surface area contributed by atoms with Crippen molar-refractivity contribution in [1.29, 1.82) is 0 Å². The van der Waals surface area contributed by atoms with Gasteiger partial charge >= 0.3 is 0 Å². The van der Waals surface area contributed by atoms with Crippen LogP contribution in [0.4, 0.5) is 0 Å². The second-order valence-corrected chi connectivity index (χ2v) is 5.48. The quantitative estimate of drug-likeness (QED) is 0.794. The molecular weight excluding hydrogens is 224 g/mol. The zero-order valence-corrected chi connectivity index (χ0v) is 10.8. The first-order valence-electron chi connectivity index (χ1n) is 6.90. The molecule has 0 saturated carbocycles. The van der Waals surface area contributed by atoms with Crippen LogP contribution in [0.25, 0.3) is 0 Å². The summed E-state index contributed by atoms with van der Waals surface area (Å²) in [7, 11) is 0. The summed E-state index contributed by atoms with van der Waals surface area (Å²) in [5.74, 6) is 2.62. The molecule has 0 aliphatic carbocycles. The minimum Gasteiger partial charge on any atom is -0.381 e. The first kappa shape index (κ1) is 12.2. The molecule has 2 nitrogen and oxygen atoms in total. The van der Waals surface area contributed by atoms with Crippen molar-refractivity contribution in [3.63, 3.8) is 0 Å². The lowest BCUT2D eigenvalue weighted by molar-refractivity contribution is -0.134. The number of ether oxygens (including phenoxy) is 2. The summed E-state index contributed by atoms with van der Waals surface area (Å²) in [5.41, 5.74) is 1.43. The lowest BCUT2D eigenvalue weighted by Crippen LogP contribution is -2.47. The van der Waals surface area contributed by atoms with Gasteiger partial charge in [0.1, 0.15) is 0 Å². The Balaban J connectivity index is 1.82. The number of hydrogen-bond donors (Lipinski definition) is 0. The van der Waals surface area contributed by atoms with Crippen molar-refractivity contribution < 1.29 is 9.47 Å². The molecule has 3 rings (SSSR count). The van der Waals surface area contributed by atoms with Gasteiger partial charge in [-0.2, -0.15) is 0 Å². The Bertz CT molecular complexity index is 354. The van der Waals surface area contributed by atoms with Crippen LogP contribution in [0.3, 0.4) is 0 Å². The standard InChI is InChI=1S/C16H21O2/c1-2-15(12-6-4-3-5-7-12)16(13-8-17-9-13)14-10-18-11-14/h3-7,13-16H,1-2,8-11H2. The van der Waals surface area contributed by atoms with Gasteiger partial charge in [0.2, 0.25) is 0 Å². The van der Waals surface area contributed by atoms with E-state index in [0.29, 0.717) is 23.7 Å². The third-order valence-electron chi connectivity index (χ3n) is 4.42. The molecule has 2 aliphatic heterocycles. The van der Waals surface area contributed by atoms with Crippen molar-refractivity contribution in [3.8, 4) is 0 Å². The van der Waals surface area contributed by atoms with Crippen molar-refractivity contribution in [1.82, 2.24) is 0 Å². The number of rotatable bonds is 5. The topological polar surface area (TPSA) is 18.5 Å². The Kier molecular flexibility index (Phi) is 3.67. The van der Waals surface area contributed by atoms with Gasteiger partial charge in [-0.25, -0.2) is 0 Å². The highest BCUT2D eigenvalue weighted by atomic mass is 16.5. The summed E-state index contributed by atoms with van der Waals surface area (Å²) in [4.78, 5) is 0. The molecule has 18 heavy (non-hydrogen) atoms. The maximum Gasteiger partial charge on any atom is 0.0519 e. The molecule has 0 N–H and O–H groups in total. The van der Waals surface area contributed by atoms with Gasteiger partial charge in [-0.1, -0.05) is 37.3 Å². The third-order valence-corrected chi connectivity index (χ3v) is 4.42. The summed E-state index contributed by atoms with van der Waals surface area (Å²) in [6.45, 7) is 7.87. The highest BCUT2D eigenvalue weighted by Gasteiger charge is 2.42. The monoisotopic (exact) mass is 245 g/mol. The van der Waals surface area contributed by atoms with Crippen LogP contribution in [0.2, 0.25) is 0 Å². The normalized spacial score (nSPS) is 22.6. The smallest absolute Gasteiger partial charge is 0.0519 e. The summed E-state index contributed by atoms with van der Waals surface area (Å²) >= 11 is 0. The molecule has 2 heterocycles. The van der Waals surface area contributed by atoms with E-state index in [9.17, 15) is 0 Å². The van der Waals surface area contributed by atoms with E-state index in [0.717, 1.165) is 32.8 Å². The molecule has 1 unspecified atom stereocenters. The number of hydrogen-bond acceptors (Lipinski definition) is 2. The largest absolute Gasteiger partial charge is 0.381 e. The first-order chi connectivity index (χ1) is 8.90. The maximum atomic E-state index is 5.40. The van der Waals surface area contributed by atoms with Crippen LogP contribution < -0.4 is 0 Å². The van der Waals surface area contributed by atoms with Crippen LogP contribution in [0, 0.1) is 24.7 Å². The lowest BCUT2D eigenvalue weighted by atomic mass is 9.68. The summed E-state index contributed by atoms with van der Waals surface area (Å²) in [5, 5.41) is 0. The maximum absolute atomic E-state index is 5.40. The molecule has 0 aromatic heterocycles. The van der Waals surface area contributed by atoms with Crippen LogP contribution in [-0.2, 0) is 9.47 Å². The van der Waals surface area contributed by atoms with Crippen molar-refractivity contribution in [2.24, 2.45) is 17.8 Å². The van der Waals surface area contributed by atoms with E-state index in [2.05, 4.69) is 37.3 Å². The predicted octanol–water partition coefficient (Wildman–Crippen LogP) is 2.90. The van der Waals surface area contributed by atoms with Gasteiger partial charge in [0.15, 0.2) is 0 Å². The zero-order valence-electron chi connectivity index (χ0n) is 10.8. The average Bonchev–Trinajstić information content (AvgIpc) is 2.27. The van der Waals surface area contributed by atoms with Gasteiger partial charge in [0, 0.05) is 11.8 Å². The van der Waals surface area contributed by atoms with Gasteiger partial charge in [0.25, 0.3) is 0 Å². The summed E-state index contributed by atoms with van der Waals surface area (Å²) < 4.78 is 10.8. The van der Waals surface area contributed by atoms with Gasteiger partial charge in [-0.3, -0.25) is 0 Å². The van der Waals surface area contributed by atoms with Crippen molar-refractivity contribution >= 4 is 0 Å². The van der Waals surface area contributed by atoms with Gasteiger partial charge in [-0.15, -0.1) is 0 Å². The van der Waals surface area contributed by atoms with E-state index in [4.69, 9.17) is 9.47 Å². The molecule has 2 saturated heterocycles. The van der Waals surface area contributed by atoms with Crippen molar-refractivity contribution in [3.05, 3.63) is 42.8 Å². The Morgan fingerprint density at radius 1 is 1.00 bits per heavy atom. The van der Waals surface area contributed by atoms with E-state index < -0.39 is 0 Å². The van der Waals surface area contributed by atoms with E-state index in [1.807, 2.05) is 0 Å². The van der Waals surface area contributed by atoms with Gasteiger partial charge in [-0.05, 0) is 23.8 Å². The Morgan fingerprint density at radius 3 is 1.94 bits per heavy atom. The zero-order chi connectivity index (χ0) is 12.4. The molecule has 2 aliphatic rings. The van der Waals surface area contributed by atoms with Gasteiger partial charge < -0.3 is 9.47 Å². The summed E-state index contributed by atoms with van der Waals surface area (Å²) in [6, 6.07) is 10.8. The fourth-order valence-electron chi connectivity index (χ4n) is 3.28. The van der Waals surface area contributed by atoms with E-state index in [-0.39, 0.29) is 0 Å². The summed E-state index contributed by atoms with van der Waals surface area (Å²) in [6.07, 6.45) is 0.960. The van der Waals surface area contributed by atoms with Crippen LogP contribution in [0.15, 0.2) is 30.3 Å². The van der Waals surface area contributed by atoms with Crippen LogP contribution >= 0.6 is 0 Å². The number of benzene rings is 1. The lowest BCUT2D eigenvalue weighted by Gasteiger charge is -2.45. The molecule has 1 atom stereocenters. The average molecular weight is 245 g/mol. The van der Waals surface area contributed by atoms with E-state index >= 15 is 0 Å².